The number of ether oxygens (including phenoxy) is 2. The Morgan fingerprint density at radius 2 is 1.79 bits per heavy atom. The summed E-state index contributed by atoms with van der Waals surface area (Å²) in [6.07, 6.45) is -0.733. The monoisotopic (exact) mass is 404 g/mol. The molecule has 0 radical (unpaired) electrons. The molecule has 1 heterocycles. The Morgan fingerprint density at radius 3 is 2.41 bits per heavy atom. The van der Waals surface area contributed by atoms with E-state index in [0.717, 1.165) is 11.1 Å². The second kappa shape index (κ2) is 8.05. The highest BCUT2D eigenvalue weighted by molar-refractivity contribution is 5.71. The van der Waals surface area contributed by atoms with Crippen LogP contribution in [0.1, 0.15) is 17.0 Å². The topological polar surface area (TPSA) is 92.3 Å². The minimum Gasteiger partial charge on any atom is -0.410 e. The van der Waals surface area contributed by atoms with Crippen molar-refractivity contribution in [3.63, 3.8) is 0 Å². The quantitative estimate of drug-likeness (QED) is 0.691. The number of aryl methyl sites for hydroxylation is 1. The van der Waals surface area contributed by atoms with E-state index < -0.39 is 12.5 Å². The van der Waals surface area contributed by atoms with Gasteiger partial charge < -0.3 is 15.2 Å². The Balaban J connectivity index is 1.71. The Kier molecular flexibility index (Phi) is 5.53. The van der Waals surface area contributed by atoms with Crippen molar-refractivity contribution in [2.75, 3.05) is 0 Å². The van der Waals surface area contributed by atoms with Gasteiger partial charge >= 0.3 is 12.5 Å². The summed E-state index contributed by atoms with van der Waals surface area (Å²) in [4.78, 5) is 14.9. The van der Waals surface area contributed by atoms with Gasteiger partial charge in [-0.25, -0.2) is 14.5 Å². The van der Waals surface area contributed by atoms with Crippen LogP contribution in [-0.4, -0.2) is 27.2 Å². The van der Waals surface area contributed by atoms with Crippen LogP contribution < -0.4 is 15.2 Å². The maximum Gasteiger partial charge on any atom is 0.573 e. The predicted octanol–water partition coefficient (Wildman–Crippen LogP) is 4.10. The summed E-state index contributed by atoms with van der Waals surface area (Å²) >= 11 is 0. The SMILES string of the molecule is Cc1cc(OC(N)=O)ccc1/C=C/c1ncn(-c2ccc(OC(F)(F)F)cc2)n1. The van der Waals surface area contributed by atoms with Crippen LogP contribution >= 0.6 is 0 Å². The van der Waals surface area contributed by atoms with Crippen molar-refractivity contribution >= 4 is 18.2 Å². The van der Waals surface area contributed by atoms with Crippen LogP contribution in [0.3, 0.4) is 0 Å². The maximum atomic E-state index is 12.2. The second-order valence-corrected chi connectivity index (χ2v) is 5.86. The number of hydrogen-bond donors (Lipinski definition) is 1. The fourth-order valence-corrected chi connectivity index (χ4v) is 2.46. The number of alkyl halides is 3. The standard InChI is InChI=1S/C19H15F3N4O3/c1-12-10-16(28-18(23)27)6-2-13(12)3-9-17-24-11-26(25-17)14-4-7-15(8-5-14)29-19(20,21)22/h2-11H,1H3,(H2,23,27)/b9-3+. The predicted molar refractivity (Wildman–Crippen MR) is 98.4 cm³/mol. The average Bonchev–Trinajstić information content (AvgIpc) is 3.09. The molecule has 0 atom stereocenters. The van der Waals surface area contributed by atoms with Crippen LogP contribution in [0, 0.1) is 6.92 Å². The van der Waals surface area contributed by atoms with E-state index in [4.69, 9.17) is 10.5 Å². The summed E-state index contributed by atoms with van der Waals surface area (Å²) in [7, 11) is 0. The first-order valence-corrected chi connectivity index (χ1v) is 8.23. The normalized spacial score (nSPS) is 11.6. The number of carbonyl (C=O) groups excluding carboxylic acids is 1. The zero-order valence-electron chi connectivity index (χ0n) is 15.1. The first-order valence-electron chi connectivity index (χ1n) is 8.23. The smallest absolute Gasteiger partial charge is 0.410 e. The summed E-state index contributed by atoms with van der Waals surface area (Å²) in [5.41, 5.74) is 7.21. The molecule has 0 saturated carbocycles. The van der Waals surface area contributed by atoms with Crippen molar-refractivity contribution in [3.8, 4) is 17.2 Å². The van der Waals surface area contributed by atoms with Gasteiger partial charge in [0, 0.05) is 0 Å². The van der Waals surface area contributed by atoms with E-state index in [9.17, 15) is 18.0 Å². The second-order valence-electron chi connectivity index (χ2n) is 5.86. The number of carbonyl (C=O) groups is 1. The molecule has 0 bridgehead atoms. The number of hydrogen-bond acceptors (Lipinski definition) is 5. The van der Waals surface area contributed by atoms with Crippen molar-refractivity contribution in [3.05, 3.63) is 65.7 Å². The van der Waals surface area contributed by atoms with Gasteiger partial charge in [0.2, 0.25) is 0 Å². The highest BCUT2D eigenvalue weighted by Gasteiger charge is 2.30. The van der Waals surface area contributed by atoms with Crippen LogP contribution in [0.25, 0.3) is 17.8 Å². The molecule has 7 nitrogen and oxygen atoms in total. The van der Waals surface area contributed by atoms with Gasteiger partial charge in [-0.15, -0.1) is 18.3 Å². The van der Waals surface area contributed by atoms with Crippen molar-refractivity contribution in [2.24, 2.45) is 5.73 Å². The largest absolute Gasteiger partial charge is 0.573 e. The Labute approximate surface area is 163 Å². The van der Waals surface area contributed by atoms with E-state index in [-0.39, 0.29) is 5.75 Å². The first-order chi connectivity index (χ1) is 13.7. The summed E-state index contributed by atoms with van der Waals surface area (Å²) in [6.45, 7) is 1.84. The summed E-state index contributed by atoms with van der Waals surface area (Å²) in [5, 5.41) is 4.26. The molecule has 3 rings (SSSR count). The lowest BCUT2D eigenvalue weighted by atomic mass is 10.1. The zero-order chi connectivity index (χ0) is 21.0. The lowest BCUT2D eigenvalue weighted by Gasteiger charge is -2.09. The molecule has 0 saturated heterocycles. The number of aromatic nitrogens is 3. The molecule has 1 aromatic heterocycles. The van der Waals surface area contributed by atoms with Gasteiger partial charge in [0.05, 0.1) is 5.69 Å². The number of halogens is 3. The van der Waals surface area contributed by atoms with Gasteiger partial charge in [0.1, 0.15) is 17.8 Å². The van der Waals surface area contributed by atoms with E-state index >= 15 is 0 Å². The van der Waals surface area contributed by atoms with Crippen LogP contribution in [0.2, 0.25) is 0 Å². The molecule has 3 aromatic rings. The van der Waals surface area contributed by atoms with Gasteiger partial charge in [0.15, 0.2) is 5.82 Å². The highest BCUT2D eigenvalue weighted by Crippen LogP contribution is 2.23. The zero-order valence-corrected chi connectivity index (χ0v) is 15.1. The van der Waals surface area contributed by atoms with E-state index in [1.165, 1.54) is 35.3 Å². The van der Waals surface area contributed by atoms with Crippen LogP contribution in [0.15, 0.2) is 48.8 Å². The molecular weight excluding hydrogens is 389 g/mol. The molecule has 29 heavy (non-hydrogen) atoms. The number of nitrogens with zero attached hydrogens (tertiary/aromatic N) is 3. The maximum absolute atomic E-state index is 12.2. The molecule has 0 aliphatic heterocycles. The molecule has 2 aromatic carbocycles. The van der Waals surface area contributed by atoms with E-state index in [0.29, 0.717) is 17.3 Å². The summed E-state index contributed by atoms with van der Waals surface area (Å²) in [6, 6.07) is 10.3. The average molecular weight is 404 g/mol. The van der Waals surface area contributed by atoms with Gasteiger partial charge in [0.25, 0.3) is 0 Å². The lowest BCUT2D eigenvalue weighted by Crippen LogP contribution is -2.17. The summed E-state index contributed by atoms with van der Waals surface area (Å²) < 4.78 is 46.7. The Morgan fingerprint density at radius 1 is 1.10 bits per heavy atom. The van der Waals surface area contributed by atoms with Crippen LogP contribution in [0.5, 0.6) is 11.5 Å². The Bertz CT molecular complexity index is 1040. The number of nitrogens with two attached hydrogens (primary N) is 1. The highest BCUT2D eigenvalue weighted by atomic mass is 19.4. The fraction of sp³-hybridized carbons (Fsp3) is 0.105. The molecule has 0 spiro atoms. The molecule has 0 unspecified atom stereocenters. The van der Waals surface area contributed by atoms with Crippen LogP contribution in [-0.2, 0) is 0 Å². The van der Waals surface area contributed by atoms with Gasteiger partial charge in [-0.3, -0.25) is 0 Å². The molecular formula is C19H15F3N4O3. The van der Waals surface area contributed by atoms with E-state index in [2.05, 4.69) is 14.8 Å². The first kappa shape index (κ1) is 19.9. The van der Waals surface area contributed by atoms with Gasteiger partial charge in [-0.2, -0.15) is 0 Å². The molecule has 0 aliphatic carbocycles. The van der Waals surface area contributed by atoms with Crippen molar-refractivity contribution in [1.82, 2.24) is 14.8 Å². The number of primary amides is 1. The summed E-state index contributed by atoms with van der Waals surface area (Å²) in [5.74, 6) is 0.422. The number of benzene rings is 2. The van der Waals surface area contributed by atoms with Crippen molar-refractivity contribution in [2.45, 2.75) is 13.3 Å². The minimum absolute atomic E-state index is 0.319. The number of rotatable bonds is 5. The minimum atomic E-state index is -4.74. The third kappa shape index (κ3) is 5.58. The Hall–Kier alpha value is -3.82. The molecule has 1 amide bonds. The lowest BCUT2D eigenvalue weighted by molar-refractivity contribution is -0.274. The third-order valence-corrected chi connectivity index (χ3v) is 3.72. The van der Waals surface area contributed by atoms with E-state index in [1.807, 2.05) is 6.92 Å². The molecule has 10 heteroatoms. The van der Waals surface area contributed by atoms with Gasteiger partial charge in [-0.05, 0) is 60.5 Å². The molecule has 0 fully saturated rings. The van der Waals surface area contributed by atoms with Crippen molar-refractivity contribution in [1.29, 1.82) is 0 Å². The molecule has 0 aliphatic rings. The molecule has 2 N–H and O–H groups in total. The number of amides is 1. The van der Waals surface area contributed by atoms with Crippen molar-refractivity contribution < 1.29 is 27.4 Å². The van der Waals surface area contributed by atoms with E-state index in [1.54, 1.807) is 30.4 Å². The molecule has 150 valence electrons. The van der Waals surface area contributed by atoms with Gasteiger partial charge in [-0.1, -0.05) is 12.1 Å². The fourth-order valence-electron chi connectivity index (χ4n) is 2.46. The third-order valence-electron chi connectivity index (χ3n) is 3.72. The van der Waals surface area contributed by atoms with Crippen LogP contribution in [0.4, 0.5) is 18.0 Å².